The number of para-hydroxylation sites is 1. The van der Waals surface area contributed by atoms with E-state index < -0.39 is 5.97 Å². The minimum Gasteiger partial charge on any atom is -0.482 e. The number of esters is 1. The second-order valence-corrected chi connectivity index (χ2v) is 5.51. The lowest BCUT2D eigenvalue weighted by molar-refractivity contribution is -0.149. The standard InChI is InChI=1S/C19H16N2O4/c20-11-14-5-7-16(8-6-14)24-13-19(23)25-12-18(22)21-10-9-15-3-1-2-4-17(15)21/h1-8H,9-10,12-13H2. The molecule has 0 saturated heterocycles. The van der Waals surface area contributed by atoms with E-state index in [9.17, 15) is 9.59 Å². The van der Waals surface area contributed by atoms with Crippen molar-refractivity contribution < 1.29 is 19.1 Å². The number of carbonyl (C=O) groups excluding carboxylic acids is 2. The van der Waals surface area contributed by atoms with Crippen molar-refractivity contribution in [3.63, 3.8) is 0 Å². The lowest BCUT2D eigenvalue weighted by atomic mass is 10.2. The number of nitriles is 1. The van der Waals surface area contributed by atoms with Crippen molar-refractivity contribution in [2.75, 3.05) is 24.7 Å². The Labute approximate surface area is 145 Å². The van der Waals surface area contributed by atoms with Crippen LogP contribution in [-0.2, 0) is 20.7 Å². The van der Waals surface area contributed by atoms with Crippen molar-refractivity contribution in [3.05, 3.63) is 59.7 Å². The van der Waals surface area contributed by atoms with Gasteiger partial charge in [0.2, 0.25) is 0 Å². The summed E-state index contributed by atoms with van der Waals surface area (Å²) in [7, 11) is 0. The van der Waals surface area contributed by atoms with Gasteiger partial charge in [0.1, 0.15) is 5.75 Å². The first-order valence-electron chi connectivity index (χ1n) is 7.84. The smallest absolute Gasteiger partial charge is 0.344 e. The molecule has 0 bridgehead atoms. The van der Waals surface area contributed by atoms with E-state index in [0.29, 0.717) is 17.9 Å². The van der Waals surface area contributed by atoms with E-state index >= 15 is 0 Å². The molecule has 0 saturated carbocycles. The molecule has 1 heterocycles. The molecule has 2 aromatic carbocycles. The molecule has 126 valence electrons. The molecule has 0 aromatic heterocycles. The Hall–Kier alpha value is -3.33. The van der Waals surface area contributed by atoms with E-state index in [1.807, 2.05) is 30.3 Å². The monoisotopic (exact) mass is 336 g/mol. The van der Waals surface area contributed by atoms with Gasteiger partial charge in [-0.3, -0.25) is 4.79 Å². The predicted octanol–water partition coefficient (Wildman–Crippen LogP) is 2.07. The minimum atomic E-state index is -0.620. The second-order valence-electron chi connectivity index (χ2n) is 5.51. The zero-order chi connectivity index (χ0) is 17.6. The number of benzene rings is 2. The number of nitrogens with zero attached hydrogens (tertiary/aromatic N) is 2. The van der Waals surface area contributed by atoms with Crippen molar-refractivity contribution in [2.24, 2.45) is 0 Å². The van der Waals surface area contributed by atoms with E-state index in [1.54, 1.807) is 29.2 Å². The van der Waals surface area contributed by atoms with Crippen LogP contribution in [-0.4, -0.2) is 31.6 Å². The van der Waals surface area contributed by atoms with Crippen LogP contribution in [0.1, 0.15) is 11.1 Å². The first-order chi connectivity index (χ1) is 12.2. The van der Waals surface area contributed by atoms with E-state index in [1.165, 1.54) is 0 Å². The van der Waals surface area contributed by atoms with E-state index in [-0.39, 0.29) is 19.1 Å². The largest absolute Gasteiger partial charge is 0.482 e. The molecular formula is C19H16N2O4. The molecule has 1 aliphatic heterocycles. The number of anilines is 1. The number of amides is 1. The van der Waals surface area contributed by atoms with E-state index in [2.05, 4.69) is 0 Å². The van der Waals surface area contributed by atoms with Crippen LogP contribution in [0.5, 0.6) is 5.75 Å². The summed E-state index contributed by atoms with van der Waals surface area (Å²) < 4.78 is 10.3. The van der Waals surface area contributed by atoms with Gasteiger partial charge in [0.05, 0.1) is 11.6 Å². The van der Waals surface area contributed by atoms with Crippen LogP contribution in [0.2, 0.25) is 0 Å². The molecule has 2 aromatic rings. The molecule has 0 fully saturated rings. The van der Waals surface area contributed by atoms with Gasteiger partial charge in [0, 0.05) is 12.2 Å². The van der Waals surface area contributed by atoms with Gasteiger partial charge < -0.3 is 14.4 Å². The molecule has 3 rings (SSSR count). The summed E-state index contributed by atoms with van der Waals surface area (Å²) in [6, 6.07) is 16.1. The lowest BCUT2D eigenvalue weighted by Crippen LogP contribution is -2.33. The van der Waals surface area contributed by atoms with Gasteiger partial charge in [0.25, 0.3) is 5.91 Å². The topological polar surface area (TPSA) is 79.6 Å². The summed E-state index contributed by atoms with van der Waals surface area (Å²) in [6.07, 6.45) is 0.803. The van der Waals surface area contributed by atoms with Crippen LogP contribution in [0.15, 0.2) is 48.5 Å². The molecule has 0 unspecified atom stereocenters. The SMILES string of the molecule is N#Cc1ccc(OCC(=O)OCC(=O)N2CCc3ccccc32)cc1. The first-order valence-corrected chi connectivity index (χ1v) is 7.84. The highest BCUT2D eigenvalue weighted by Crippen LogP contribution is 2.27. The van der Waals surface area contributed by atoms with Crippen molar-refractivity contribution in [2.45, 2.75) is 6.42 Å². The number of hydrogen-bond acceptors (Lipinski definition) is 5. The number of rotatable bonds is 5. The molecule has 6 heteroatoms. The average molecular weight is 336 g/mol. The van der Waals surface area contributed by atoms with Crippen LogP contribution in [0.3, 0.4) is 0 Å². The fourth-order valence-electron chi connectivity index (χ4n) is 2.63. The fraction of sp³-hybridized carbons (Fsp3) is 0.211. The Morgan fingerprint density at radius 2 is 1.84 bits per heavy atom. The van der Waals surface area contributed by atoms with Crippen molar-refractivity contribution in [1.29, 1.82) is 5.26 Å². The van der Waals surface area contributed by atoms with Gasteiger partial charge in [-0.05, 0) is 42.3 Å². The van der Waals surface area contributed by atoms with Crippen molar-refractivity contribution >= 4 is 17.6 Å². The lowest BCUT2D eigenvalue weighted by Gasteiger charge is -2.17. The maximum atomic E-state index is 12.2. The third kappa shape index (κ3) is 3.96. The summed E-state index contributed by atoms with van der Waals surface area (Å²) in [5.74, 6) is -0.419. The van der Waals surface area contributed by atoms with Crippen LogP contribution in [0.4, 0.5) is 5.69 Å². The molecule has 0 aliphatic carbocycles. The van der Waals surface area contributed by atoms with Crippen LogP contribution in [0, 0.1) is 11.3 Å². The normalized spacial score (nSPS) is 12.2. The van der Waals surface area contributed by atoms with Gasteiger partial charge in [-0.15, -0.1) is 0 Å². The summed E-state index contributed by atoms with van der Waals surface area (Å²) in [4.78, 5) is 25.6. The fourth-order valence-corrected chi connectivity index (χ4v) is 2.63. The molecule has 0 N–H and O–H groups in total. The third-order valence-electron chi connectivity index (χ3n) is 3.88. The maximum absolute atomic E-state index is 12.2. The molecule has 0 spiro atoms. The van der Waals surface area contributed by atoms with E-state index in [4.69, 9.17) is 14.7 Å². The van der Waals surface area contributed by atoms with Crippen molar-refractivity contribution in [1.82, 2.24) is 0 Å². The van der Waals surface area contributed by atoms with E-state index in [0.717, 1.165) is 17.7 Å². The number of hydrogen-bond donors (Lipinski definition) is 0. The zero-order valence-electron chi connectivity index (χ0n) is 13.5. The van der Waals surface area contributed by atoms with Gasteiger partial charge in [-0.2, -0.15) is 5.26 Å². The molecule has 6 nitrogen and oxygen atoms in total. The summed E-state index contributed by atoms with van der Waals surface area (Å²) in [5.41, 5.74) is 2.50. The average Bonchev–Trinajstić information content (AvgIpc) is 3.09. The van der Waals surface area contributed by atoms with Crippen LogP contribution >= 0.6 is 0 Å². The molecule has 0 radical (unpaired) electrons. The highest BCUT2D eigenvalue weighted by atomic mass is 16.6. The Morgan fingerprint density at radius 1 is 1.08 bits per heavy atom. The number of carbonyl (C=O) groups is 2. The minimum absolute atomic E-state index is 0.253. The maximum Gasteiger partial charge on any atom is 0.344 e. The number of fused-ring (bicyclic) bond motifs is 1. The number of ether oxygens (including phenoxy) is 2. The Morgan fingerprint density at radius 3 is 2.60 bits per heavy atom. The second kappa shape index (κ2) is 7.49. The predicted molar refractivity (Wildman–Crippen MR) is 90.1 cm³/mol. The zero-order valence-corrected chi connectivity index (χ0v) is 13.5. The van der Waals surface area contributed by atoms with Gasteiger partial charge in [0.15, 0.2) is 13.2 Å². The highest BCUT2D eigenvalue weighted by Gasteiger charge is 2.24. The Kier molecular flexibility index (Phi) is 4.95. The third-order valence-corrected chi connectivity index (χ3v) is 3.88. The quantitative estimate of drug-likeness (QED) is 0.781. The van der Waals surface area contributed by atoms with Gasteiger partial charge in [-0.1, -0.05) is 18.2 Å². The molecule has 0 atom stereocenters. The molecular weight excluding hydrogens is 320 g/mol. The van der Waals surface area contributed by atoms with Gasteiger partial charge >= 0.3 is 5.97 Å². The first kappa shape index (κ1) is 16.5. The Bertz CT molecular complexity index is 824. The highest BCUT2D eigenvalue weighted by molar-refractivity contribution is 5.97. The van der Waals surface area contributed by atoms with Gasteiger partial charge in [-0.25, -0.2) is 4.79 Å². The van der Waals surface area contributed by atoms with Crippen LogP contribution < -0.4 is 9.64 Å². The molecule has 25 heavy (non-hydrogen) atoms. The summed E-state index contributed by atoms with van der Waals surface area (Å²) in [6.45, 7) is -0.0167. The summed E-state index contributed by atoms with van der Waals surface area (Å²) >= 11 is 0. The summed E-state index contributed by atoms with van der Waals surface area (Å²) in [5, 5.41) is 8.72. The molecule has 1 aliphatic rings. The van der Waals surface area contributed by atoms with Crippen molar-refractivity contribution in [3.8, 4) is 11.8 Å². The molecule has 1 amide bonds. The van der Waals surface area contributed by atoms with Crippen LogP contribution in [0.25, 0.3) is 0 Å². The Balaban J connectivity index is 1.46.